The van der Waals surface area contributed by atoms with Crippen molar-refractivity contribution in [3.8, 4) is 17.9 Å². The first-order valence-electron chi connectivity index (χ1n) is 8.30. The molecule has 0 saturated carbocycles. The molecule has 1 aromatic heterocycles. The first-order valence-corrected chi connectivity index (χ1v) is 10.4. The molecule has 5 heteroatoms. The second-order valence-electron chi connectivity index (χ2n) is 6.68. The Bertz CT molecular complexity index is 1070. The fraction of sp³-hybridized carbons (Fsp3) is 0.286. The van der Waals surface area contributed by atoms with Crippen LogP contribution in [0.1, 0.15) is 37.9 Å². The summed E-state index contributed by atoms with van der Waals surface area (Å²) >= 11 is 0.418. The van der Waals surface area contributed by atoms with E-state index in [1.807, 2.05) is 19.1 Å². The number of fused-ring (bicyclic) bond motifs is 3. The van der Waals surface area contributed by atoms with Crippen molar-refractivity contribution in [1.29, 1.82) is 5.26 Å². The van der Waals surface area contributed by atoms with E-state index in [2.05, 4.69) is 42.2 Å². The molecule has 0 aliphatic carbocycles. The zero-order valence-electron chi connectivity index (χ0n) is 15.0. The number of nitriles is 1. The summed E-state index contributed by atoms with van der Waals surface area (Å²) in [5, 5.41) is 11.5. The Morgan fingerprint density at radius 2 is 1.85 bits per heavy atom. The zero-order chi connectivity index (χ0) is 18.9. The minimum atomic E-state index is -1.32. The fourth-order valence-electron chi connectivity index (χ4n) is 2.77. The summed E-state index contributed by atoms with van der Waals surface area (Å²) in [6.45, 7) is 5.19. The third-order valence-electron chi connectivity index (χ3n) is 4.36. The largest absolute Gasteiger partial charge is 0.615 e. The average molecular weight is 381 g/mol. The normalized spacial score (nSPS) is 13.8. The highest BCUT2D eigenvalue weighted by Crippen LogP contribution is 2.36. The van der Waals surface area contributed by atoms with Crippen LogP contribution in [-0.4, -0.2) is 15.1 Å². The molecular weight excluding hydrogens is 360 g/mol. The molecule has 2 atom stereocenters. The zero-order valence-corrected chi connectivity index (χ0v) is 16.6. The Kier molecular flexibility index (Phi) is 5.27. The molecule has 0 aliphatic rings. The quantitative estimate of drug-likeness (QED) is 0.536. The number of benzene rings is 2. The molecule has 3 rings (SSSR count). The van der Waals surface area contributed by atoms with Crippen LogP contribution >= 0.6 is 11.3 Å². The molecule has 3 nitrogen and oxygen atoms in total. The van der Waals surface area contributed by atoms with Gasteiger partial charge in [0, 0.05) is 25.7 Å². The van der Waals surface area contributed by atoms with Crippen molar-refractivity contribution in [1.82, 2.24) is 0 Å². The standard InChI is InChI=1S/C21H20N2OS2/c1-4-5-14-6-8-19-16(10-14)17-11-15(7-9-20(17)25-19)18(23)12-26(24)21(2,3)13-22/h6-11,18H,12,23H2,1-3H3. The number of nitrogens with zero attached hydrogens (tertiary/aromatic N) is 1. The summed E-state index contributed by atoms with van der Waals surface area (Å²) in [7, 11) is 0. The Hall–Kier alpha value is -2.02. The topological polar surface area (TPSA) is 72.9 Å². The van der Waals surface area contributed by atoms with Gasteiger partial charge >= 0.3 is 0 Å². The van der Waals surface area contributed by atoms with Crippen molar-refractivity contribution in [2.45, 2.75) is 31.6 Å². The molecule has 132 valence electrons. The Morgan fingerprint density at radius 1 is 1.19 bits per heavy atom. The molecule has 0 spiro atoms. The summed E-state index contributed by atoms with van der Waals surface area (Å²) < 4.78 is 13.9. The van der Waals surface area contributed by atoms with E-state index in [1.54, 1.807) is 25.2 Å². The smallest absolute Gasteiger partial charge is 0.204 e. The van der Waals surface area contributed by atoms with Crippen molar-refractivity contribution in [3.05, 3.63) is 47.5 Å². The van der Waals surface area contributed by atoms with E-state index in [0.717, 1.165) is 21.9 Å². The van der Waals surface area contributed by atoms with Gasteiger partial charge in [-0.15, -0.1) is 17.3 Å². The Labute approximate surface area is 161 Å². The van der Waals surface area contributed by atoms with Crippen LogP contribution in [0.4, 0.5) is 0 Å². The van der Waals surface area contributed by atoms with Gasteiger partial charge in [0.25, 0.3) is 0 Å². The average Bonchev–Trinajstić information content (AvgIpc) is 2.99. The lowest BCUT2D eigenvalue weighted by Gasteiger charge is -2.24. The SMILES string of the molecule is CC#Cc1ccc2sc3ccc(C(N)C[S+]([O-])C(C)(C)C#N)cc3c2c1. The fourth-order valence-corrected chi connectivity index (χ4v) is 4.87. The van der Waals surface area contributed by atoms with Gasteiger partial charge in [0.15, 0.2) is 0 Å². The first-order chi connectivity index (χ1) is 12.4. The van der Waals surface area contributed by atoms with Crippen LogP contribution in [0.3, 0.4) is 0 Å². The van der Waals surface area contributed by atoms with Crippen molar-refractivity contribution >= 4 is 42.7 Å². The van der Waals surface area contributed by atoms with Crippen LogP contribution in [-0.2, 0) is 11.2 Å². The number of hydrogen-bond acceptors (Lipinski definition) is 4. The van der Waals surface area contributed by atoms with Gasteiger partial charge in [0.1, 0.15) is 11.8 Å². The molecule has 1 heterocycles. The third kappa shape index (κ3) is 3.58. The van der Waals surface area contributed by atoms with Gasteiger partial charge in [0.05, 0.1) is 6.04 Å². The molecule has 0 fully saturated rings. The van der Waals surface area contributed by atoms with E-state index in [4.69, 9.17) is 11.0 Å². The van der Waals surface area contributed by atoms with Gasteiger partial charge in [-0.3, -0.25) is 0 Å². The van der Waals surface area contributed by atoms with E-state index >= 15 is 0 Å². The maximum absolute atomic E-state index is 12.4. The molecule has 0 amide bonds. The number of hydrogen-bond donors (Lipinski definition) is 1. The van der Waals surface area contributed by atoms with Gasteiger partial charge in [-0.05, 0) is 67.8 Å². The summed E-state index contributed by atoms with van der Waals surface area (Å²) in [6.07, 6.45) is 0. The lowest BCUT2D eigenvalue weighted by atomic mass is 10.0. The van der Waals surface area contributed by atoms with Crippen molar-refractivity contribution in [2.75, 3.05) is 5.75 Å². The van der Waals surface area contributed by atoms with Gasteiger partial charge in [-0.1, -0.05) is 12.0 Å². The molecule has 2 unspecified atom stereocenters. The monoisotopic (exact) mass is 380 g/mol. The summed E-state index contributed by atoms with van der Waals surface area (Å²) in [4.78, 5) is 0. The minimum absolute atomic E-state index is 0.265. The van der Waals surface area contributed by atoms with Gasteiger partial charge in [-0.25, -0.2) is 0 Å². The van der Waals surface area contributed by atoms with Crippen LogP contribution in [0.5, 0.6) is 0 Å². The van der Waals surface area contributed by atoms with Crippen LogP contribution in [0.25, 0.3) is 20.2 Å². The predicted molar refractivity (Wildman–Crippen MR) is 112 cm³/mol. The molecule has 26 heavy (non-hydrogen) atoms. The van der Waals surface area contributed by atoms with Crippen molar-refractivity contribution in [3.63, 3.8) is 0 Å². The van der Waals surface area contributed by atoms with E-state index in [-0.39, 0.29) is 11.8 Å². The molecule has 0 bridgehead atoms. The van der Waals surface area contributed by atoms with E-state index < -0.39 is 15.9 Å². The highest BCUT2D eigenvalue weighted by molar-refractivity contribution is 7.93. The lowest BCUT2D eigenvalue weighted by molar-refractivity contribution is 0.566. The molecule has 3 aromatic rings. The second kappa shape index (κ2) is 7.31. The highest BCUT2D eigenvalue weighted by Gasteiger charge is 2.33. The third-order valence-corrected chi connectivity index (χ3v) is 7.40. The maximum atomic E-state index is 12.4. The number of nitrogens with two attached hydrogens (primary N) is 1. The van der Waals surface area contributed by atoms with Crippen molar-refractivity contribution in [2.24, 2.45) is 5.73 Å². The maximum Gasteiger partial charge on any atom is 0.204 e. The van der Waals surface area contributed by atoms with Crippen molar-refractivity contribution < 1.29 is 4.55 Å². The second-order valence-corrected chi connectivity index (χ2v) is 9.81. The van der Waals surface area contributed by atoms with Crippen LogP contribution in [0.15, 0.2) is 36.4 Å². The lowest BCUT2D eigenvalue weighted by Crippen LogP contribution is -2.36. The summed E-state index contributed by atoms with van der Waals surface area (Å²) in [5.74, 6) is 6.30. The number of rotatable bonds is 4. The highest BCUT2D eigenvalue weighted by atomic mass is 32.2. The summed E-state index contributed by atoms with van der Waals surface area (Å²) in [5.41, 5.74) is 8.24. The van der Waals surface area contributed by atoms with Crippen LogP contribution in [0.2, 0.25) is 0 Å². The Balaban J connectivity index is 1.99. The van der Waals surface area contributed by atoms with E-state index in [9.17, 15) is 4.55 Å². The Morgan fingerprint density at radius 3 is 2.50 bits per heavy atom. The predicted octanol–water partition coefficient (Wildman–Crippen LogP) is 4.48. The van der Waals surface area contributed by atoms with Gasteiger partial charge < -0.3 is 10.3 Å². The minimum Gasteiger partial charge on any atom is -0.615 e. The summed E-state index contributed by atoms with van der Waals surface area (Å²) in [6, 6.07) is 14.1. The molecule has 0 saturated heterocycles. The van der Waals surface area contributed by atoms with Gasteiger partial charge in [-0.2, -0.15) is 5.26 Å². The molecular formula is C21H20N2OS2. The van der Waals surface area contributed by atoms with E-state index in [0.29, 0.717) is 0 Å². The van der Waals surface area contributed by atoms with E-state index in [1.165, 1.54) is 9.40 Å². The molecule has 2 N–H and O–H groups in total. The van der Waals surface area contributed by atoms with Gasteiger partial charge in [0.2, 0.25) is 4.75 Å². The first kappa shape index (κ1) is 18.8. The molecule has 0 radical (unpaired) electrons. The van der Waals surface area contributed by atoms with Crippen LogP contribution in [0, 0.1) is 23.2 Å². The van der Waals surface area contributed by atoms with Crippen LogP contribution < -0.4 is 5.73 Å². The molecule has 0 aliphatic heterocycles. The molecule has 2 aromatic carbocycles. The number of thiophene rings is 1.